The lowest BCUT2D eigenvalue weighted by Crippen LogP contribution is -2.09. The second-order valence-electron chi connectivity index (χ2n) is 3.26. The van der Waals surface area contributed by atoms with Crippen molar-refractivity contribution < 1.29 is 19.1 Å². The average molecular weight is 206 g/mol. The molecule has 78 valence electrons. The van der Waals surface area contributed by atoms with Crippen LogP contribution in [0.25, 0.3) is 11.0 Å². The largest absolute Gasteiger partial charge is 0.482 e. The first-order chi connectivity index (χ1) is 7.16. The highest BCUT2D eigenvalue weighted by atomic mass is 16.5. The second kappa shape index (κ2) is 3.65. The van der Waals surface area contributed by atoms with E-state index >= 15 is 0 Å². The minimum absolute atomic E-state index is 0.342. The van der Waals surface area contributed by atoms with Gasteiger partial charge in [-0.25, -0.2) is 4.79 Å². The molecule has 1 heterocycles. The third-order valence-corrected chi connectivity index (χ3v) is 2.10. The molecule has 0 amide bonds. The molecule has 2 rings (SSSR count). The summed E-state index contributed by atoms with van der Waals surface area (Å²) >= 11 is 0. The van der Waals surface area contributed by atoms with E-state index in [-0.39, 0.29) is 6.61 Å². The van der Waals surface area contributed by atoms with Crippen molar-refractivity contribution in [1.29, 1.82) is 0 Å². The molecule has 1 aromatic heterocycles. The third-order valence-electron chi connectivity index (χ3n) is 2.10. The normalized spacial score (nSPS) is 10.5. The Morgan fingerprint density at radius 2 is 2.33 bits per heavy atom. The van der Waals surface area contributed by atoms with Gasteiger partial charge in [-0.05, 0) is 24.6 Å². The van der Waals surface area contributed by atoms with Crippen LogP contribution in [0.3, 0.4) is 0 Å². The van der Waals surface area contributed by atoms with Gasteiger partial charge < -0.3 is 14.3 Å². The lowest BCUT2D eigenvalue weighted by molar-refractivity contribution is -0.139. The molecule has 15 heavy (non-hydrogen) atoms. The minimum atomic E-state index is -0.995. The summed E-state index contributed by atoms with van der Waals surface area (Å²) in [6.45, 7) is 1.61. The van der Waals surface area contributed by atoms with Crippen LogP contribution >= 0.6 is 0 Å². The summed E-state index contributed by atoms with van der Waals surface area (Å²) in [5.74, 6) is -0.495. The van der Waals surface area contributed by atoms with Crippen LogP contribution in [0.15, 0.2) is 28.9 Å². The smallest absolute Gasteiger partial charge is 0.341 e. The number of aliphatic carboxylic acids is 1. The number of carboxylic acid groups (broad SMARTS) is 1. The molecule has 0 unspecified atom stereocenters. The molecule has 0 aliphatic rings. The summed E-state index contributed by atoms with van der Waals surface area (Å²) in [5.41, 5.74) is 1.75. The van der Waals surface area contributed by atoms with E-state index in [9.17, 15) is 4.79 Å². The predicted molar refractivity (Wildman–Crippen MR) is 54.1 cm³/mol. The van der Waals surface area contributed by atoms with Crippen LogP contribution in [-0.4, -0.2) is 17.7 Å². The first kappa shape index (κ1) is 9.58. The fourth-order valence-corrected chi connectivity index (χ4v) is 1.38. The molecular weight excluding hydrogens is 196 g/mol. The van der Waals surface area contributed by atoms with Crippen molar-refractivity contribution >= 4 is 16.9 Å². The molecular formula is C11H10O4. The molecule has 0 bridgehead atoms. The molecule has 0 saturated carbocycles. The van der Waals surface area contributed by atoms with Crippen molar-refractivity contribution in [2.24, 2.45) is 0 Å². The van der Waals surface area contributed by atoms with Gasteiger partial charge in [0.25, 0.3) is 0 Å². The third kappa shape index (κ3) is 1.93. The zero-order chi connectivity index (χ0) is 10.8. The predicted octanol–water partition coefficient (Wildman–Crippen LogP) is 2.20. The summed E-state index contributed by atoms with van der Waals surface area (Å²) in [6.07, 6.45) is 1.66. The van der Waals surface area contributed by atoms with Gasteiger partial charge in [-0.15, -0.1) is 0 Å². The molecule has 4 nitrogen and oxygen atoms in total. The van der Waals surface area contributed by atoms with Crippen LogP contribution in [0.2, 0.25) is 0 Å². The van der Waals surface area contributed by atoms with Gasteiger partial charge in [-0.1, -0.05) is 0 Å². The summed E-state index contributed by atoms with van der Waals surface area (Å²) < 4.78 is 10.3. The number of ether oxygens (including phenoxy) is 1. The Kier molecular flexibility index (Phi) is 2.33. The molecule has 0 atom stereocenters. The SMILES string of the molecule is Cc1coc2cc(OCC(=O)O)ccc12. The topological polar surface area (TPSA) is 59.7 Å². The fraction of sp³-hybridized carbons (Fsp3) is 0.182. The number of rotatable bonds is 3. The maximum atomic E-state index is 10.3. The molecule has 0 spiro atoms. The average Bonchev–Trinajstić information content (AvgIpc) is 2.57. The Labute approximate surface area is 86.1 Å². The molecule has 2 aromatic rings. The highest BCUT2D eigenvalue weighted by Crippen LogP contribution is 2.24. The Hall–Kier alpha value is -1.97. The molecule has 0 aliphatic carbocycles. The fourth-order valence-electron chi connectivity index (χ4n) is 1.38. The standard InChI is InChI=1S/C11H10O4/c1-7-5-15-10-4-8(2-3-9(7)10)14-6-11(12)13/h2-5H,6H2,1H3,(H,12,13). The first-order valence-corrected chi connectivity index (χ1v) is 4.49. The Balaban J connectivity index is 2.27. The molecule has 0 saturated heterocycles. The van der Waals surface area contributed by atoms with Crippen LogP contribution in [-0.2, 0) is 4.79 Å². The molecule has 4 heteroatoms. The van der Waals surface area contributed by atoms with E-state index in [1.807, 2.05) is 13.0 Å². The summed E-state index contributed by atoms with van der Waals surface area (Å²) in [4.78, 5) is 10.3. The lowest BCUT2D eigenvalue weighted by Gasteiger charge is -2.01. The van der Waals surface area contributed by atoms with Crippen molar-refractivity contribution in [2.75, 3.05) is 6.61 Å². The summed E-state index contributed by atoms with van der Waals surface area (Å²) in [6, 6.07) is 5.27. The number of carboxylic acids is 1. The van der Waals surface area contributed by atoms with Gasteiger partial charge >= 0.3 is 5.97 Å². The van der Waals surface area contributed by atoms with E-state index in [2.05, 4.69) is 0 Å². The number of aryl methyl sites for hydroxylation is 1. The zero-order valence-electron chi connectivity index (χ0n) is 8.19. The van der Waals surface area contributed by atoms with Gasteiger partial charge in [0.1, 0.15) is 11.3 Å². The zero-order valence-corrected chi connectivity index (χ0v) is 8.19. The molecule has 1 aromatic carbocycles. The molecule has 0 aliphatic heterocycles. The molecule has 1 N–H and O–H groups in total. The van der Waals surface area contributed by atoms with E-state index < -0.39 is 5.97 Å². The minimum Gasteiger partial charge on any atom is -0.482 e. The van der Waals surface area contributed by atoms with Crippen molar-refractivity contribution in [3.05, 3.63) is 30.0 Å². The Morgan fingerprint density at radius 1 is 1.53 bits per heavy atom. The number of fused-ring (bicyclic) bond motifs is 1. The lowest BCUT2D eigenvalue weighted by atomic mass is 10.2. The highest BCUT2D eigenvalue weighted by Gasteiger charge is 2.04. The maximum absolute atomic E-state index is 10.3. The van der Waals surface area contributed by atoms with Gasteiger partial charge in [0.15, 0.2) is 6.61 Å². The van der Waals surface area contributed by atoms with Crippen LogP contribution in [0.5, 0.6) is 5.75 Å². The monoisotopic (exact) mass is 206 g/mol. The van der Waals surface area contributed by atoms with Crippen molar-refractivity contribution in [3.8, 4) is 5.75 Å². The summed E-state index contributed by atoms with van der Waals surface area (Å²) in [5, 5.41) is 9.46. The number of carbonyl (C=O) groups is 1. The second-order valence-corrected chi connectivity index (χ2v) is 3.26. The van der Waals surface area contributed by atoms with Gasteiger partial charge in [0.05, 0.1) is 6.26 Å². The number of hydrogen-bond acceptors (Lipinski definition) is 3. The number of furan rings is 1. The summed E-state index contributed by atoms with van der Waals surface area (Å²) in [7, 11) is 0. The van der Waals surface area contributed by atoms with E-state index in [0.29, 0.717) is 11.3 Å². The number of hydrogen-bond donors (Lipinski definition) is 1. The van der Waals surface area contributed by atoms with E-state index in [0.717, 1.165) is 10.9 Å². The van der Waals surface area contributed by atoms with E-state index in [1.54, 1.807) is 18.4 Å². The van der Waals surface area contributed by atoms with E-state index in [4.69, 9.17) is 14.3 Å². The van der Waals surface area contributed by atoms with Crippen LogP contribution in [0.1, 0.15) is 5.56 Å². The number of benzene rings is 1. The molecule has 0 radical (unpaired) electrons. The van der Waals surface area contributed by atoms with Gasteiger partial charge in [0, 0.05) is 11.5 Å². The van der Waals surface area contributed by atoms with Gasteiger partial charge in [0.2, 0.25) is 0 Å². The van der Waals surface area contributed by atoms with Gasteiger partial charge in [-0.2, -0.15) is 0 Å². The first-order valence-electron chi connectivity index (χ1n) is 4.49. The van der Waals surface area contributed by atoms with Crippen molar-refractivity contribution in [3.63, 3.8) is 0 Å². The van der Waals surface area contributed by atoms with Crippen LogP contribution in [0.4, 0.5) is 0 Å². The maximum Gasteiger partial charge on any atom is 0.341 e. The Morgan fingerprint density at radius 3 is 3.07 bits per heavy atom. The van der Waals surface area contributed by atoms with E-state index in [1.165, 1.54) is 0 Å². The van der Waals surface area contributed by atoms with Gasteiger partial charge in [-0.3, -0.25) is 0 Å². The van der Waals surface area contributed by atoms with Crippen molar-refractivity contribution in [1.82, 2.24) is 0 Å². The van der Waals surface area contributed by atoms with Crippen LogP contribution < -0.4 is 4.74 Å². The highest BCUT2D eigenvalue weighted by molar-refractivity contribution is 5.82. The molecule has 0 fully saturated rings. The van der Waals surface area contributed by atoms with Crippen LogP contribution in [0, 0.1) is 6.92 Å². The Bertz CT molecular complexity index is 498. The van der Waals surface area contributed by atoms with Crippen molar-refractivity contribution in [2.45, 2.75) is 6.92 Å². The quantitative estimate of drug-likeness (QED) is 0.836.